The van der Waals surface area contributed by atoms with Crippen LogP contribution in [0, 0.1) is 16.0 Å². The first kappa shape index (κ1) is 15.4. The van der Waals surface area contributed by atoms with Crippen LogP contribution in [-0.2, 0) is 9.53 Å². The number of methoxy groups -OCH3 is 1. The first-order chi connectivity index (χ1) is 9.76. The largest absolute Gasteiger partial charge is 0.466 e. The van der Waals surface area contributed by atoms with E-state index in [2.05, 4.69) is 4.74 Å². The Morgan fingerprint density at radius 2 is 2.19 bits per heavy atom. The third kappa shape index (κ3) is 3.18. The number of allylic oxidation sites excluding steroid dienone is 1. The molecule has 0 radical (unpaired) electrons. The molecule has 112 valence electrons. The van der Waals surface area contributed by atoms with Gasteiger partial charge in [0.25, 0.3) is 11.6 Å². The number of carbonyl (C=O) groups excluding carboxylic acids is 1. The molecule has 1 aliphatic rings. The second-order valence-corrected chi connectivity index (χ2v) is 4.97. The molecule has 0 N–H and O–H groups in total. The van der Waals surface area contributed by atoms with E-state index in [-0.39, 0.29) is 16.2 Å². The summed E-state index contributed by atoms with van der Waals surface area (Å²) >= 11 is 5.68. The Balaban J connectivity index is 2.47. The minimum absolute atomic E-state index is 0.00613. The Labute approximate surface area is 123 Å². The number of nitro groups is 1. The van der Waals surface area contributed by atoms with E-state index in [4.69, 9.17) is 11.6 Å². The van der Waals surface area contributed by atoms with Gasteiger partial charge in [-0.15, -0.1) is 0 Å². The number of nitrogens with zero attached hydrogens (tertiary/aromatic N) is 1. The summed E-state index contributed by atoms with van der Waals surface area (Å²) in [5.41, 5.74) is -0.251. The van der Waals surface area contributed by atoms with Gasteiger partial charge in [0.1, 0.15) is 5.02 Å². The number of hydrogen-bond donors (Lipinski definition) is 0. The molecule has 8 heteroatoms. The molecule has 1 aromatic carbocycles. The van der Waals surface area contributed by atoms with Gasteiger partial charge in [0.15, 0.2) is 0 Å². The maximum Gasteiger partial charge on any atom is 0.330 e. The zero-order valence-electron chi connectivity index (χ0n) is 10.8. The fourth-order valence-corrected chi connectivity index (χ4v) is 2.14. The summed E-state index contributed by atoms with van der Waals surface area (Å²) < 4.78 is 31.0. The van der Waals surface area contributed by atoms with E-state index in [1.807, 2.05) is 0 Å². The monoisotopic (exact) mass is 317 g/mol. The highest BCUT2D eigenvalue weighted by Gasteiger charge is 2.58. The topological polar surface area (TPSA) is 69.4 Å². The molecule has 1 saturated carbocycles. The number of nitro benzene ring substituents is 1. The second kappa shape index (κ2) is 5.40. The number of rotatable bonds is 4. The summed E-state index contributed by atoms with van der Waals surface area (Å²) in [5.74, 6) is -4.88. The second-order valence-electron chi connectivity index (χ2n) is 4.56. The number of ether oxygens (including phenoxy) is 1. The van der Waals surface area contributed by atoms with Crippen molar-refractivity contribution < 1.29 is 23.2 Å². The molecule has 1 unspecified atom stereocenters. The first-order valence-corrected chi connectivity index (χ1v) is 6.25. The highest BCUT2D eigenvalue weighted by Crippen LogP contribution is 2.55. The minimum Gasteiger partial charge on any atom is -0.466 e. The Morgan fingerprint density at radius 1 is 1.57 bits per heavy atom. The van der Waals surface area contributed by atoms with Crippen LogP contribution >= 0.6 is 11.6 Å². The van der Waals surface area contributed by atoms with Crippen molar-refractivity contribution in [1.29, 1.82) is 0 Å². The lowest BCUT2D eigenvalue weighted by Crippen LogP contribution is -2.03. The molecule has 0 bridgehead atoms. The van der Waals surface area contributed by atoms with E-state index in [0.29, 0.717) is 0 Å². The smallest absolute Gasteiger partial charge is 0.330 e. The summed E-state index contributed by atoms with van der Waals surface area (Å²) in [6, 6.07) is 3.67. The molecular weight excluding hydrogens is 308 g/mol. The lowest BCUT2D eigenvalue weighted by Gasteiger charge is -2.07. The van der Waals surface area contributed by atoms with Crippen molar-refractivity contribution in [1.82, 2.24) is 0 Å². The first-order valence-electron chi connectivity index (χ1n) is 5.88. The fourth-order valence-electron chi connectivity index (χ4n) is 1.95. The summed E-state index contributed by atoms with van der Waals surface area (Å²) in [4.78, 5) is 21.5. The Kier molecular flexibility index (Phi) is 3.95. The van der Waals surface area contributed by atoms with Crippen LogP contribution in [0.25, 0.3) is 5.57 Å². The van der Waals surface area contributed by atoms with Gasteiger partial charge in [0.2, 0.25) is 0 Å². The standard InChI is InChI=1S/C13H10ClF2NO4/c1-21-12(18)5-8(9-6-13(9,15)16)7-2-3-10(14)11(4-7)17(19)20/h2-5,9H,6H2,1H3/b8-5-. The number of hydrogen-bond acceptors (Lipinski definition) is 4. The Morgan fingerprint density at radius 3 is 2.67 bits per heavy atom. The van der Waals surface area contributed by atoms with Crippen LogP contribution in [0.3, 0.4) is 0 Å². The van der Waals surface area contributed by atoms with Gasteiger partial charge in [0.05, 0.1) is 18.0 Å². The molecule has 1 fully saturated rings. The quantitative estimate of drug-likeness (QED) is 0.369. The molecule has 1 aromatic rings. The highest BCUT2D eigenvalue weighted by molar-refractivity contribution is 6.32. The van der Waals surface area contributed by atoms with Crippen LogP contribution in [0.1, 0.15) is 12.0 Å². The highest BCUT2D eigenvalue weighted by atomic mass is 35.5. The van der Waals surface area contributed by atoms with Crippen molar-refractivity contribution in [3.05, 3.63) is 45.0 Å². The van der Waals surface area contributed by atoms with Gasteiger partial charge >= 0.3 is 5.97 Å². The number of benzene rings is 1. The predicted octanol–water partition coefficient (Wildman–Crippen LogP) is 3.46. The van der Waals surface area contributed by atoms with Crippen molar-refractivity contribution in [3.8, 4) is 0 Å². The van der Waals surface area contributed by atoms with Crippen molar-refractivity contribution >= 4 is 28.8 Å². The van der Waals surface area contributed by atoms with Crippen LogP contribution in [0.15, 0.2) is 24.3 Å². The molecule has 1 atom stereocenters. The maximum absolute atomic E-state index is 13.3. The van der Waals surface area contributed by atoms with Gasteiger partial charge < -0.3 is 4.74 Å². The molecular formula is C13H10ClF2NO4. The van der Waals surface area contributed by atoms with E-state index in [1.54, 1.807) is 0 Å². The van der Waals surface area contributed by atoms with E-state index in [0.717, 1.165) is 19.3 Å². The van der Waals surface area contributed by atoms with E-state index < -0.39 is 34.8 Å². The van der Waals surface area contributed by atoms with Gasteiger partial charge in [0, 0.05) is 18.6 Å². The molecule has 0 saturated heterocycles. The van der Waals surface area contributed by atoms with Crippen LogP contribution in [0.2, 0.25) is 5.02 Å². The van der Waals surface area contributed by atoms with E-state index >= 15 is 0 Å². The number of alkyl halides is 2. The number of halogens is 3. The zero-order valence-corrected chi connectivity index (χ0v) is 11.6. The maximum atomic E-state index is 13.3. The van der Waals surface area contributed by atoms with Crippen molar-refractivity contribution in [3.63, 3.8) is 0 Å². The minimum atomic E-state index is -2.92. The van der Waals surface area contributed by atoms with Crippen LogP contribution < -0.4 is 0 Å². The Hall–Kier alpha value is -2.02. The molecule has 2 rings (SSSR count). The molecule has 0 amide bonds. The normalized spacial score (nSPS) is 20.0. The molecule has 5 nitrogen and oxygen atoms in total. The third-order valence-electron chi connectivity index (χ3n) is 3.15. The SMILES string of the molecule is COC(=O)/C=C(/c1ccc(Cl)c([N+](=O)[O-])c1)C1CC1(F)F. The van der Waals surface area contributed by atoms with E-state index in [1.165, 1.54) is 12.1 Å². The number of esters is 1. The van der Waals surface area contributed by atoms with Gasteiger partial charge in [-0.2, -0.15) is 0 Å². The zero-order chi connectivity index (χ0) is 15.8. The summed E-state index contributed by atoms with van der Waals surface area (Å²) in [7, 11) is 1.12. The van der Waals surface area contributed by atoms with Crippen molar-refractivity contribution in [2.45, 2.75) is 12.3 Å². The van der Waals surface area contributed by atoms with Gasteiger partial charge in [-0.3, -0.25) is 10.1 Å². The van der Waals surface area contributed by atoms with E-state index in [9.17, 15) is 23.7 Å². The average molecular weight is 318 g/mol. The van der Waals surface area contributed by atoms with Crippen molar-refractivity contribution in [2.75, 3.05) is 7.11 Å². The lowest BCUT2D eigenvalue weighted by molar-refractivity contribution is -0.384. The summed E-state index contributed by atoms with van der Waals surface area (Å²) in [6.07, 6.45) is 0.519. The Bertz CT molecular complexity index is 645. The van der Waals surface area contributed by atoms with Crippen LogP contribution in [0.4, 0.5) is 14.5 Å². The number of carbonyl (C=O) groups is 1. The molecule has 21 heavy (non-hydrogen) atoms. The average Bonchev–Trinajstić information content (AvgIpc) is 3.04. The van der Waals surface area contributed by atoms with Crippen molar-refractivity contribution in [2.24, 2.45) is 5.92 Å². The summed E-state index contributed by atoms with van der Waals surface area (Å²) in [5, 5.41) is 10.7. The van der Waals surface area contributed by atoms with Gasteiger partial charge in [-0.1, -0.05) is 17.7 Å². The molecule has 0 aromatic heterocycles. The fraction of sp³-hybridized carbons (Fsp3) is 0.308. The molecule has 0 spiro atoms. The molecule has 0 heterocycles. The van der Waals surface area contributed by atoms with Gasteiger partial charge in [-0.25, -0.2) is 13.6 Å². The molecule has 1 aliphatic carbocycles. The summed E-state index contributed by atoms with van der Waals surface area (Å²) in [6.45, 7) is 0. The molecule has 0 aliphatic heterocycles. The van der Waals surface area contributed by atoms with Crippen LogP contribution in [0.5, 0.6) is 0 Å². The van der Waals surface area contributed by atoms with Crippen LogP contribution in [-0.4, -0.2) is 23.9 Å². The lowest BCUT2D eigenvalue weighted by atomic mass is 10.00. The van der Waals surface area contributed by atoms with Gasteiger partial charge in [-0.05, 0) is 17.2 Å². The predicted molar refractivity (Wildman–Crippen MR) is 71.2 cm³/mol. The third-order valence-corrected chi connectivity index (χ3v) is 3.47.